The molecular formula is C28H24ClN3O5. The maximum atomic E-state index is 12.6. The van der Waals surface area contributed by atoms with Crippen LogP contribution in [0.15, 0.2) is 71.7 Å². The Hall–Kier alpha value is -4.43. The Labute approximate surface area is 218 Å². The molecule has 37 heavy (non-hydrogen) atoms. The number of carbonyl (C=O) groups excluding carboxylic acids is 2. The van der Waals surface area contributed by atoms with Crippen molar-refractivity contribution in [1.29, 1.82) is 0 Å². The van der Waals surface area contributed by atoms with E-state index in [9.17, 15) is 24.6 Å². The Balaban J connectivity index is 1.99. The van der Waals surface area contributed by atoms with Gasteiger partial charge in [0, 0.05) is 30.6 Å². The molecule has 0 bridgehead atoms. The quantitative estimate of drug-likeness (QED) is 0.263. The molecule has 1 aromatic heterocycles. The molecule has 0 saturated carbocycles. The first-order chi connectivity index (χ1) is 17.6. The van der Waals surface area contributed by atoms with Gasteiger partial charge in [-0.15, -0.1) is 11.6 Å². The molecule has 1 heterocycles. The summed E-state index contributed by atoms with van der Waals surface area (Å²) in [4.78, 5) is 42.5. The van der Waals surface area contributed by atoms with Crippen molar-refractivity contribution in [3.8, 4) is 5.88 Å². The van der Waals surface area contributed by atoms with E-state index in [0.29, 0.717) is 39.2 Å². The predicted molar refractivity (Wildman–Crippen MR) is 144 cm³/mol. The lowest BCUT2D eigenvalue weighted by molar-refractivity contribution is -0.116. The van der Waals surface area contributed by atoms with Crippen molar-refractivity contribution >= 4 is 57.4 Å². The Morgan fingerprint density at radius 3 is 2.22 bits per heavy atom. The highest BCUT2D eigenvalue weighted by Crippen LogP contribution is 2.37. The number of hydrogen-bond acceptors (Lipinski definition) is 5. The van der Waals surface area contributed by atoms with Crippen LogP contribution in [0.25, 0.3) is 10.9 Å². The first kappa shape index (κ1) is 25.7. The summed E-state index contributed by atoms with van der Waals surface area (Å²) < 4.78 is 1.10. The van der Waals surface area contributed by atoms with E-state index in [-0.39, 0.29) is 28.7 Å². The largest absolute Gasteiger partial charge is 0.494 e. The van der Waals surface area contributed by atoms with Gasteiger partial charge in [0.2, 0.25) is 17.7 Å². The first-order valence-electron chi connectivity index (χ1n) is 11.3. The number of benzene rings is 3. The number of alkyl halides is 1. The number of aromatic carboxylic acids is 1. The van der Waals surface area contributed by atoms with Gasteiger partial charge in [-0.2, -0.15) is 0 Å². The summed E-state index contributed by atoms with van der Waals surface area (Å²) >= 11 is 5.66. The zero-order valence-corrected chi connectivity index (χ0v) is 21.2. The highest BCUT2D eigenvalue weighted by Gasteiger charge is 2.26. The van der Waals surface area contributed by atoms with E-state index in [4.69, 9.17) is 16.6 Å². The molecule has 0 saturated heterocycles. The molecule has 0 radical (unpaired) electrons. The van der Waals surface area contributed by atoms with Crippen molar-refractivity contribution in [1.82, 2.24) is 4.57 Å². The topological polar surface area (TPSA) is 112 Å². The fraction of sp³-hybridized carbons (Fsp3) is 0.143. The molecule has 0 aliphatic carbocycles. The van der Waals surface area contributed by atoms with Crippen molar-refractivity contribution in [3.05, 3.63) is 89.0 Å². The van der Waals surface area contributed by atoms with Crippen molar-refractivity contribution < 1.29 is 24.6 Å². The van der Waals surface area contributed by atoms with Crippen molar-refractivity contribution in [3.63, 3.8) is 0 Å². The first-order valence-corrected chi connectivity index (χ1v) is 11.9. The summed E-state index contributed by atoms with van der Waals surface area (Å²) in [5, 5.41) is 21.4. The van der Waals surface area contributed by atoms with E-state index >= 15 is 0 Å². The average molecular weight is 518 g/mol. The number of anilines is 1. The molecule has 0 aliphatic heterocycles. The molecule has 1 amide bonds. The predicted octanol–water partition coefficient (Wildman–Crippen LogP) is 5.38. The van der Waals surface area contributed by atoms with E-state index in [0.717, 1.165) is 4.57 Å². The monoisotopic (exact) mass is 517 g/mol. The van der Waals surface area contributed by atoms with Crippen LogP contribution in [0.5, 0.6) is 5.88 Å². The van der Waals surface area contributed by atoms with Crippen LogP contribution in [0.4, 0.5) is 11.4 Å². The molecule has 2 N–H and O–H groups in total. The van der Waals surface area contributed by atoms with Gasteiger partial charge in [0.1, 0.15) is 5.88 Å². The number of rotatable bonds is 6. The van der Waals surface area contributed by atoms with E-state index in [1.54, 1.807) is 38.2 Å². The third kappa shape index (κ3) is 4.83. The van der Waals surface area contributed by atoms with Gasteiger partial charge in [-0.3, -0.25) is 14.2 Å². The molecule has 0 spiro atoms. The third-order valence-corrected chi connectivity index (χ3v) is 6.28. The van der Waals surface area contributed by atoms with Crippen LogP contribution in [0.1, 0.15) is 38.8 Å². The number of aryl methyl sites for hydroxylation is 1. The number of amides is 1. The summed E-state index contributed by atoms with van der Waals surface area (Å²) in [6.07, 6.45) is 0. The lowest BCUT2D eigenvalue weighted by atomic mass is 9.97. The molecule has 4 rings (SSSR count). The lowest BCUT2D eigenvalue weighted by Gasteiger charge is -2.16. The number of aromatic nitrogens is 1. The van der Waals surface area contributed by atoms with Crippen LogP contribution in [0.2, 0.25) is 0 Å². The molecule has 188 valence electrons. The van der Waals surface area contributed by atoms with Gasteiger partial charge in [0.05, 0.1) is 28.0 Å². The summed E-state index contributed by atoms with van der Waals surface area (Å²) in [6.45, 7) is 3.02. The molecule has 3 aromatic carbocycles. The zero-order valence-electron chi connectivity index (χ0n) is 20.4. The van der Waals surface area contributed by atoms with Gasteiger partial charge in [-0.1, -0.05) is 30.3 Å². The number of nitrogens with zero attached hydrogens (tertiary/aromatic N) is 3. The summed E-state index contributed by atoms with van der Waals surface area (Å²) in [5.41, 5.74) is 3.41. The van der Waals surface area contributed by atoms with Crippen molar-refractivity contribution in [2.45, 2.75) is 13.8 Å². The Bertz CT molecular complexity index is 1560. The number of carbonyl (C=O) groups is 3. The molecule has 0 fully saturated rings. The highest BCUT2D eigenvalue weighted by atomic mass is 35.5. The SMILES string of the molecule is CC(=O)n1c(O)c(C(=Nc2ccc(N(C)C(=O)CCl)cc2)c2ccccc2)c2c(C)cc(C(=O)O)cc21. The van der Waals surface area contributed by atoms with Crippen molar-refractivity contribution in [2.24, 2.45) is 4.99 Å². The number of carboxylic acids is 1. The fourth-order valence-electron chi connectivity index (χ4n) is 4.25. The van der Waals surface area contributed by atoms with Crippen LogP contribution in [-0.4, -0.2) is 51.2 Å². The Morgan fingerprint density at radius 1 is 1.00 bits per heavy atom. The number of carboxylic acid groups (broad SMARTS) is 1. The van der Waals surface area contributed by atoms with Crippen molar-refractivity contribution in [2.75, 3.05) is 17.8 Å². The molecule has 0 unspecified atom stereocenters. The molecule has 0 atom stereocenters. The van der Waals surface area contributed by atoms with Gasteiger partial charge in [-0.25, -0.2) is 9.79 Å². The second kappa shape index (κ2) is 10.3. The molecular weight excluding hydrogens is 494 g/mol. The van der Waals surface area contributed by atoms with Crippen LogP contribution in [0.3, 0.4) is 0 Å². The second-order valence-electron chi connectivity index (χ2n) is 8.47. The van der Waals surface area contributed by atoms with Gasteiger partial charge >= 0.3 is 5.97 Å². The normalized spacial score (nSPS) is 11.5. The summed E-state index contributed by atoms with van der Waals surface area (Å²) in [5.74, 6) is -2.34. The van der Waals surface area contributed by atoms with Crippen LogP contribution >= 0.6 is 11.6 Å². The maximum absolute atomic E-state index is 12.6. The minimum Gasteiger partial charge on any atom is -0.494 e. The Kier molecular flexibility index (Phi) is 7.13. The van der Waals surface area contributed by atoms with E-state index < -0.39 is 11.9 Å². The smallest absolute Gasteiger partial charge is 0.335 e. The molecule has 8 nitrogen and oxygen atoms in total. The second-order valence-corrected chi connectivity index (χ2v) is 8.74. The van der Waals surface area contributed by atoms with E-state index in [1.807, 2.05) is 30.3 Å². The fourth-order valence-corrected chi connectivity index (χ4v) is 4.43. The minimum atomic E-state index is -1.14. The minimum absolute atomic E-state index is 0.000881. The highest BCUT2D eigenvalue weighted by molar-refractivity contribution is 6.29. The van der Waals surface area contributed by atoms with Crippen LogP contribution < -0.4 is 4.90 Å². The van der Waals surface area contributed by atoms with Gasteiger partial charge in [-0.05, 0) is 48.9 Å². The number of hydrogen-bond donors (Lipinski definition) is 2. The molecule has 9 heteroatoms. The van der Waals surface area contributed by atoms with Gasteiger partial charge < -0.3 is 15.1 Å². The average Bonchev–Trinajstić information content (AvgIpc) is 3.19. The zero-order chi connectivity index (χ0) is 26.9. The van der Waals surface area contributed by atoms with E-state index in [2.05, 4.69) is 0 Å². The number of aromatic hydroxyl groups is 1. The van der Waals surface area contributed by atoms with Gasteiger partial charge in [0.25, 0.3) is 0 Å². The molecule has 0 aliphatic rings. The standard InChI is InChI=1S/C28H24ClN3O5/c1-16-13-19(28(36)37)14-22-24(16)25(27(35)32(22)17(2)33)26(18-7-5-4-6-8-18)30-20-9-11-21(12-10-20)31(3)23(34)15-29/h4-14,35H,15H2,1-3H3,(H,36,37). The van der Waals surface area contributed by atoms with Gasteiger partial charge in [0.15, 0.2) is 0 Å². The summed E-state index contributed by atoms with van der Waals surface area (Å²) in [7, 11) is 1.63. The summed E-state index contributed by atoms with van der Waals surface area (Å²) in [6, 6.07) is 19.0. The number of halogens is 1. The van der Waals surface area contributed by atoms with E-state index in [1.165, 1.54) is 24.0 Å². The van der Waals surface area contributed by atoms with Crippen LogP contribution in [-0.2, 0) is 4.79 Å². The maximum Gasteiger partial charge on any atom is 0.335 e. The molecule has 4 aromatic rings. The lowest BCUT2D eigenvalue weighted by Crippen LogP contribution is -2.26. The number of aliphatic imine (C=N–C) groups is 1. The number of fused-ring (bicyclic) bond motifs is 1. The Morgan fingerprint density at radius 2 is 1.65 bits per heavy atom. The van der Waals surface area contributed by atoms with Crippen LogP contribution in [0, 0.1) is 6.92 Å². The third-order valence-electron chi connectivity index (χ3n) is 6.05.